The van der Waals surface area contributed by atoms with Crippen molar-refractivity contribution in [2.75, 3.05) is 19.8 Å². The van der Waals surface area contributed by atoms with Crippen LogP contribution in [0.3, 0.4) is 0 Å². The molecule has 0 aliphatic rings. The van der Waals surface area contributed by atoms with E-state index in [0.29, 0.717) is 33.0 Å². The zero-order valence-electron chi connectivity index (χ0n) is 16.9. The molecule has 0 radical (unpaired) electrons. The SMILES string of the molecule is CCOC(=O)Cn1c(=NC(=O)COc2ccc(Cl)cc2Cl)sc2cc(OCC)ccc21. The van der Waals surface area contributed by atoms with Crippen LogP contribution in [-0.2, 0) is 20.9 Å². The largest absolute Gasteiger partial charge is 0.494 e. The Bertz CT molecular complexity index is 1170. The van der Waals surface area contributed by atoms with Gasteiger partial charge in [-0.05, 0) is 50.2 Å². The zero-order chi connectivity index (χ0) is 22.4. The van der Waals surface area contributed by atoms with Gasteiger partial charge in [-0.3, -0.25) is 9.59 Å². The average Bonchev–Trinajstić information content (AvgIpc) is 3.04. The quantitative estimate of drug-likeness (QED) is 0.442. The number of rotatable bonds is 8. The highest BCUT2D eigenvalue weighted by molar-refractivity contribution is 7.16. The lowest BCUT2D eigenvalue weighted by atomic mass is 10.3. The van der Waals surface area contributed by atoms with E-state index in [9.17, 15) is 9.59 Å². The van der Waals surface area contributed by atoms with Crippen molar-refractivity contribution in [3.8, 4) is 11.5 Å². The van der Waals surface area contributed by atoms with E-state index < -0.39 is 11.9 Å². The van der Waals surface area contributed by atoms with Crippen molar-refractivity contribution in [3.05, 3.63) is 51.2 Å². The highest BCUT2D eigenvalue weighted by Gasteiger charge is 2.14. The number of fused-ring (bicyclic) bond motifs is 1. The number of hydrogen-bond acceptors (Lipinski definition) is 6. The Hall–Kier alpha value is -2.55. The highest BCUT2D eigenvalue weighted by Crippen LogP contribution is 2.27. The smallest absolute Gasteiger partial charge is 0.326 e. The number of hydrogen-bond donors (Lipinski definition) is 0. The van der Waals surface area contributed by atoms with Gasteiger partial charge in [-0.25, -0.2) is 0 Å². The van der Waals surface area contributed by atoms with Crippen LogP contribution in [0.15, 0.2) is 41.4 Å². The fourth-order valence-corrected chi connectivity index (χ4v) is 4.29. The summed E-state index contributed by atoms with van der Waals surface area (Å²) in [6, 6.07) is 10.2. The van der Waals surface area contributed by atoms with Crippen molar-refractivity contribution in [2.45, 2.75) is 20.4 Å². The molecule has 0 spiro atoms. The van der Waals surface area contributed by atoms with Gasteiger partial charge in [0.2, 0.25) is 0 Å². The Labute approximate surface area is 192 Å². The van der Waals surface area contributed by atoms with Gasteiger partial charge in [0, 0.05) is 5.02 Å². The first-order valence-electron chi connectivity index (χ1n) is 9.48. The Balaban J connectivity index is 1.90. The van der Waals surface area contributed by atoms with Gasteiger partial charge in [0.25, 0.3) is 5.91 Å². The van der Waals surface area contributed by atoms with Crippen LogP contribution in [0.1, 0.15) is 13.8 Å². The molecule has 7 nitrogen and oxygen atoms in total. The van der Waals surface area contributed by atoms with Crippen molar-refractivity contribution in [3.63, 3.8) is 0 Å². The summed E-state index contributed by atoms with van der Waals surface area (Å²) >= 11 is 13.2. The lowest BCUT2D eigenvalue weighted by molar-refractivity contribution is -0.143. The number of ether oxygens (including phenoxy) is 3. The maximum Gasteiger partial charge on any atom is 0.326 e. The van der Waals surface area contributed by atoms with Crippen molar-refractivity contribution >= 4 is 56.6 Å². The Morgan fingerprint density at radius 2 is 1.87 bits per heavy atom. The third kappa shape index (κ3) is 6.00. The van der Waals surface area contributed by atoms with Gasteiger partial charge in [0.1, 0.15) is 18.0 Å². The number of thiazole rings is 1. The van der Waals surface area contributed by atoms with E-state index in [-0.39, 0.29) is 19.8 Å². The van der Waals surface area contributed by atoms with E-state index >= 15 is 0 Å². The second kappa shape index (κ2) is 10.7. The minimum absolute atomic E-state index is 0.0716. The predicted octanol–water partition coefficient (Wildman–Crippen LogP) is 4.48. The summed E-state index contributed by atoms with van der Waals surface area (Å²) in [4.78, 5) is 29.1. The van der Waals surface area contributed by atoms with Gasteiger partial charge >= 0.3 is 5.97 Å². The summed E-state index contributed by atoms with van der Waals surface area (Å²) < 4.78 is 18.5. The molecule has 1 aromatic heterocycles. The van der Waals surface area contributed by atoms with Gasteiger partial charge in [0.15, 0.2) is 11.4 Å². The molecule has 0 bridgehead atoms. The number of aromatic nitrogens is 1. The first-order valence-corrected chi connectivity index (χ1v) is 11.1. The molecule has 0 atom stereocenters. The topological polar surface area (TPSA) is 79.1 Å². The molecule has 2 aromatic carbocycles. The maximum absolute atomic E-state index is 12.5. The summed E-state index contributed by atoms with van der Waals surface area (Å²) in [6.07, 6.45) is 0. The number of halogens is 2. The Morgan fingerprint density at radius 3 is 2.58 bits per heavy atom. The van der Waals surface area contributed by atoms with E-state index in [2.05, 4.69) is 4.99 Å². The molecule has 0 saturated heterocycles. The molecule has 3 aromatic rings. The van der Waals surface area contributed by atoms with Crippen molar-refractivity contribution in [1.82, 2.24) is 4.57 Å². The standard InChI is InChI=1S/C21H20Cl2N2O5S/c1-3-28-14-6-7-16-18(10-14)31-21(25(16)11-20(27)29-4-2)24-19(26)12-30-17-8-5-13(22)9-15(17)23/h5-10H,3-4,11-12H2,1-2H3. The Morgan fingerprint density at radius 1 is 1.06 bits per heavy atom. The van der Waals surface area contributed by atoms with Crippen LogP contribution in [0.25, 0.3) is 10.2 Å². The van der Waals surface area contributed by atoms with Crippen molar-refractivity contribution in [1.29, 1.82) is 0 Å². The summed E-state index contributed by atoms with van der Waals surface area (Å²) in [5.41, 5.74) is 0.745. The molecule has 164 valence electrons. The summed E-state index contributed by atoms with van der Waals surface area (Å²) in [7, 11) is 0. The van der Waals surface area contributed by atoms with Crippen LogP contribution in [0, 0.1) is 0 Å². The molecular formula is C21H20Cl2N2O5S. The molecule has 0 aliphatic carbocycles. The molecule has 10 heteroatoms. The first-order chi connectivity index (χ1) is 14.9. The van der Waals surface area contributed by atoms with Gasteiger partial charge < -0.3 is 18.8 Å². The minimum atomic E-state index is -0.528. The molecular weight excluding hydrogens is 463 g/mol. The minimum Gasteiger partial charge on any atom is -0.494 e. The third-order valence-electron chi connectivity index (χ3n) is 4.02. The van der Waals surface area contributed by atoms with Crippen LogP contribution in [0.2, 0.25) is 10.0 Å². The molecule has 0 aliphatic heterocycles. The number of amides is 1. The summed E-state index contributed by atoms with van der Waals surface area (Å²) in [5.74, 6) is 0.0687. The molecule has 0 fully saturated rings. The third-order valence-corrected chi connectivity index (χ3v) is 5.59. The summed E-state index contributed by atoms with van der Waals surface area (Å²) in [6.45, 7) is 4.02. The average molecular weight is 483 g/mol. The monoisotopic (exact) mass is 482 g/mol. The van der Waals surface area contributed by atoms with Gasteiger partial charge in [-0.1, -0.05) is 34.5 Å². The fourth-order valence-electron chi connectivity index (χ4n) is 2.75. The normalized spacial score (nSPS) is 11.5. The number of benzene rings is 2. The number of carbonyl (C=O) groups excluding carboxylic acids is 2. The molecule has 1 amide bonds. The van der Waals surface area contributed by atoms with E-state index in [0.717, 1.165) is 10.2 Å². The molecule has 0 N–H and O–H groups in total. The van der Waals surface area contributed by atoms with E-state index in [1.807, 2.05) is 19.1 Å². The summed E-state index contributed by atoms with van der Waals surface area (Å²) in [5, 5.41) is 0.757. The van der Waals surface area contributed by atoms with Crippen LogP contribution < -0.4 is 14.3 Å². The van der Waals surface area contributed by atoms with Crippen molar-refractivity contribution < 1.29 is 23.8 Å². The lowest BCUT2D eigenvalue weighted by Gasteiger charge is -2.07. The first kappa shape index (κ1) is 23.1. The predicted molar refractivity (Wildman–Crippen MR) is 120 cm³/mol. The number of nitrogens with zero attached hydrogens (tertiary/aromatic N) is 2. The zero-order valence-corrected chi connectivity index (χ0v) is 19.2. The maximum atomic E-state index is 12.5. The van der Waals surface area contributed by atoms with Crippen LogP contribution in [-0.4, -0.2) is 36.3 Å². The second-order valence-electron chi connectivity index (χ2n) is 6.21. The molecule has 1 heterocycles. The molecule has 0 saturated carbocycles. The van der Waals surface area contributed by atoms with E-state index in [1.54, 1.807) is 29.7 Å². The highest BCUT2D eigenvalue weighted by atomic mass is 35.5. The van der Waals surface area contributed by atoms with Crippen LogP contribution in [0.4, 0.5) is 0 Å². The second-order valence-corrected chi connectivity index (χ2v) is 8.06. The van der Waals surface area contributed by atoms with Crippen molar-refractivity contribution in [2.24, 2.45) is 4.99 Å². The number of carbonyl (C=O) groups is 2. The number of esters is 1. The van der Waals surface area contributed by atoms with E-state index in [4.69, 9.17) is 37.4 Å². The van der Waals surface area contributed by atoms with Gasteiger partial charge in [-0.2, -0.15) is 4.99 Å². The Kier molecular flexibility index (Phi) is 7.95. The lowest BCUT2D eigenvalue weighted by Crippen LogP contribution is -2.24. The fraction of sp³-hybridized carbons (Fsp3) is 0.286. The van der Waals surface area contributed by atoms with Gasteiger partial charge in [0.05, 0.1) is 28.5 Å². The van der Waals surface area contributed by atoms with E-state index in [1.165, 1.54) is 17.4 Å². The molecule has 31 heavy (non-hydrogen) atoms. The van der Waals surface area contributed by atoms with Gasteiger partial charge in [-0.15, -0.1) is 0 Å². The van der Waals surface area contributed by atoms with Crippen LogP contribution >= 0.6 is 34.5 Å². The molecule has 3 rings (SSSR count). The van der Waals surface area contributed by atoms with Crippen LogP contribution in [0.5, 0.6) is 11.5 Å². The molecule has 0 unspecified atom stereocenters.